The molecule has 0 aliphatic rings. The number of rotatable bonds is 2. The first-order valence-corrected chi connectivity index (χ1v) is 4.84. The second-order valence-corrected chi connectivity index (χ2v) is 3.85. The summed E-state index contributed by atoms with van der Waals surface area (Å²) in [6, 6.07) is 4.89. The van der Waals surface area contributed by atoms with Crippen LogP contribution in [0.25, 0.3) is 11.0 Å². The number of hydrogen-bond acceptors (Lipinski definition) is 3. The zero-order valence-electron chi connectivity index (χ0n) is 8.65. The van der Waals surface area contributed by atoms with E-state index >= 15 is 0 Å². The van der Waals surface area contributed by atoms with Crippen LogP contribution in [0.1, 0.15) is 24.2 Å². The quantitative estimate of drug-likeness (QED) is 0.765. The van der Waals surface area contributed by atoms with Crippen molar-refractivity contribution in [1.29, 1.82) is 0 Å². The minimum atomic E-state index is -0.136. The van der Waals surface area contributed by atoms with Gasteiger partial charge in [-0.1, -0.05) is 13.8 Å². The monoisotopic (exact) mass is 204 g/mol. The van der Waals surface area contributed by atoms with E-state index in [-0.39, 0.29) is 17.5 Å². The number of phenolic OH excluding ortho intramolecular Hbond substituents is 1. The third-order valence-electron chi connectivity index (χ3n) is 2.36. The van der Waals surface area contributed by atoms with Crippen LogP contribution >= 0.6 is 0 Å². The van der Waals surface area contributed by atoms with E-state index in [0.29, 0.717) is 11.1 Å². The highest BCUT2D eigenvalue weighted by molar-refractivity contribution is 6.02. The number of aromatic hydroxyl groups is 1. The van der Waals surface area contributed by atoms with Gasteiger partial charge in [0.05, 0.1) is 11.8 Å². The van der Waals surface area contributed by atoms with Crippen LogP contribution in [0.2, 0.25) is 0 Å². The first kappa shape index (κ1) is 9.77. The van der Waals surface area contributed by atoms with Gasteiger partial charge in [0.2, 0.25) is 0 Å². The molecule has 1 aromatic heterocycles. The van der Waals surface area contributed by atoms with Crippen molar-refractivity contribution < 1.29 is 14.3 Å². The Kier molecular flexibility index (Phi) is 2.23. The Morgan fingerprint density at radius 1 is 1.40 bits per heavy atom. The summed E-state index contributed by atoms with van der Waals surface area (Å²) < 4.78 is 5.18. The van der Waals surface area contributed by atoms with E-state index < -0.39 is 0 Å². The smallest absolute Gasteiger partial charge is 0.169 e. The van der Waals surface area contributed by atoms with Crippen LogP contribution in [-0.4, -0.2) is 10.9 Å². The summed E-state index contributed by atoms with van der Waals surface area (Å²) in [7, 11) is 0. The third kappa shape index (κ3) is 1.61. The Labute approximate surface area is 87.3 Å². The molecule has 0 spiro atoms. The van der Waals surface area contributed by atoms with Gasteiger partial charge in [-0.25, -0.2) is 0 Å². The topological polar surface area (TPSA) is 50.4 Å². The summed E-state index contributed by atoms with van der Waals surface area (Å²) in [6.07, 6.45) is 1.54. The van der Waals surface area contributed by atoms with E-state index in [2.05, 4.69) is 0 Å². The fourth-order valence-electron chi connectivity index (χ4n) is 1.51. The molecule has 2 rings (SSSR count). The van der Waals surface area contributed by atoms with Crippen molar-refractivity contribution in [3.8, 4) is 5.75 Å². The zero-order valence-corrected chi connectivity index (χ0v) is 8.65. The highest BCUT2D eigenvalue weighted by Gasteiger charge is 2.16. The number of carbonyl (C=O) groups is 1. The van der Waals surface area contributed by atoms with Gasteiger partial charge in [0, 0.05) is 11.3 Å². The van der Waals surface area contributed by atoms with Crippen LogP contribution in [0.5, 0.6) is 5.75 Å². The van der Waals surface area contributed by atoms with Crippen LogP contribution < -0.4 is 0 Å². The third-order valence-corrected chi connectivity index (χ3v) is 2.36. The maximum Gasteiger partial charge on any atom is 0.169 e. The van der Waals surface area contributed by atoms with Crippen molar-refractivity contribution in [2.75, 3.05) is 0 Å². The van der Waals surface area contributed by atoms with Gasteiger partial charge in [0.1, 0.15) is 11.3 Å². The summed E-state index contributed by atoms with van der Waals surface area (Å²) in [4.78, 5) is 11.7. The van der Waals surface area contributed by atoms with E-state index in [1.165, 1.54) is 6.26 Å². The number of carbonyl (C=O) groups excluding carboxylic acids is 1. The van der Waals surface area contributed by atoms with Gasteiger partial charge in [-0.15, -0.1) is 0 Å². The second-order valence-electron chi connectivity index (χ2n) is 3.85. The van der Waals surface area contributed by atoms with Crippen LogP contribution in [-0.2, 0) is 0 Å². The predicted molar refractivity (Wildman–Crippen MR) is 57.0 cm³/mol. The SMILES string of the molecule is CC(C)C(=O)c1cc2occc2cc1O. The molecule has 0 aliphatic heterocycles. The normalized spacial score (nSPS) is 11.1. The van der Waals surface area contributed by atoms with Crippen LogP contribution in [0.4, 0.5) is 0 Å². The maximum absolute atomic E-state index is 11.7. The minimum Gasteiger partial charge on any atom is -0.507 e. The van der Waals surface area contributed by atoms with Crippen molar-refractivity contribution in [2.24, 2.45) is 5.92 Å². The van der Waals surface area contributed by atoms with Gasteiger partial charge in [-0.05, 0) is 18.2 Å². The van der Waals surface area contributed by atoms with E-state index in [1.807, 2.05) is 0 Å². The molecule has 0 saturated carbocycles. The number of furan rings is 1. The van der Waals surface area contributed by atoms with Crippen molar-refractivity contribution in [3.05, 3.63) is 30.0 Å². The number of phenols is 1. The molecule has 0 fully saturated rings. The highest BCUT2D eigenvalue weighted by Crippen LogP contribution is 2.27. The molecule has 1 heterocycles. The Morgan fingerprint density at radius 3 is 2.80 bits per heavy atom. The minimum absolute atomic E-state index is 0.0163. The lowest BCUT2D eigenvalue weighted by Crippen LogP contribution is -2.07. The molecule has 0 aliphatic carbocycles. The van der Waals surface area contributed by atoms with Crippen LogP contribution in [0.15, 0.2) is 28.9 Å². The summed E-state index contributed by atoms with van der Waals surface area (Å²) in [5.41, 5.74) is 0.948. The molecule has 0 atom stereocenters. The van der Waals surface area contributed by atoms with Crippen LogP contribution in [0.3, 0.4) is 0 Å². The first-order valence-electron chi connectivity index (χ1n) is 4.84. The summed E-state index contributed by atoms with van der Waals surface area (Å²) >= 11 is 0. The molecule has 0 saturated heterocycles. The van der Waals surface area contributed by atoms with Gasteiger partial charge in [-0.2, -0.15) is 0 Å². The Balaban J connectivity index is 2.60. The maximum atomic E-state index is 11.7. The second kappa shape index (κ2) is 3.42. The standard InChI is InChI=1S/C12H12O3/c1-7(2)12(14)9-6-11-8(3-4-15-11)5-10(9)13/h3-7,13H,1-2H3. The summed E-state index contributed by atoms with van der Waals surface area (Å²) in [5.74, 6) is -0.197. The highest BCUT2D eigenvalue weighted by atomic mass is 16.3. The molecule has 0 bridgehead atoms. The molecule has 3 heteroatoms. The molecule has 78 valence electrons. The van der Waals surface area contributed by atoms with Crippen molar-refractivity contribution >= 4 is 16.8 Å². The van der Waals surface area contributed by atoms with E-state index in [1.54, 1.807) is 32.0 Å². The Bertz CT molecular complexity index is 509. The van der Waals surface area contributed by atoms with E-state index in [9.17, 15) is 9.90 Å². The molecule has 0 radical (unpaired) electrons. The molecule has 1 aromatic carbocycles. The van der Waals surface area contributed by atoms with E-state index in [4.69, 9.17) is 4.42 Å². The molecule has 0 amide bonds. The number of ketones is 1. The van der Waals surface area contributed by atoms with E-state index in [0.717, 1.165) is 5.39 Å². The zero-order chi connectivity index (χ0) is 11.0. The molecule has 0 unspecified atom stereocenters. The largest absolute Gasteiger partial charge is 0.507 e. The molecular formula is C12H12O3. The lowest BCUT2D eigenvalue weighted by atomic mass is 9.99. The number of hydrogen-bond donors (Lipinski definition) is 1. The molecular weight excluding hydrogens is 192 g/mol. The summed E-state index contributed by atoms with van der Waals surface area (Å²) in [5, 5.41) is 10.5. The molecule has 2 aromatic rings. The predicted octanol–water partition coefficient (Wildman–Crippen LogP) is 2.98. The lowest BCUT2D eigenvalue weighted by Gasteiger charge is -2.06. The van der Waals surface area contributed by atoms with Gasteiger partial charge in [0.25, 0.3) is 0 Å². The number of fused-ring (bicyclic) bond motifs is 1. The van der Waals surface area contributed by atoms with Gasteiger partial charge in [-0.3, -0.25) is 4.79 Å². The van der Waals surface area contributed by atoms with Crippen LogP contribution in [0, 0.1) is 5.92 Å². The Morgan fingerprint density at radius 2 is 2.13 bits per heavy atom. The summed E-state index contributed by atoms with van der Waals surface area (Å²) in [6.45, 7) is 3.60. The van der Waals surface area contributed by atoms with Crippen molar-refractivity contribution in [2.45, 2.75) is 13.8 Å². The molecule has 1 N–H and O–H groups in total. The average molecular weight is 204 g/mol. The molecule has 3 nitrogen and oxygen atoms in total. The fraction of sp³-hybridized carbons (Fsp3) is 0.250. The van der Waals surface area contributed by atoms with Gasteiger partial charge < -0.3 is 9.52 Å². The van der Waals surface area contributed by atoms with Gasteiger partial charge >= 0.3 is 0 Å². The van der Waals surface area contributed by atoms with Crippen molar-refractivity contribution in [1.82, 2.24) is 0 Å². The lowest BCUT2D eigenvalue weighted by molar-refractivity contribution is 0.0936. The number of benzene rings is 1. The van der Waals surface area contributed by atoms with Gasteiger partial charge in [0.15, 0.2) is 5.78 Å². The first-order chi connectivity index (χ1) is 7.09. The number of Topliss-reactive ketones (excluding diaryl/α,β-unsaturated/α-hetero) is 1. The molecule has 15 heavy (non-hydrogen) atoms. The Hall–Kier alpha value is -1.77. The van der Waals surface area contributed by atoms with Crippen molar-refractivity contribution in [3.63, 3.8) is 0 Å². The fourth-order valence-corrected chi connectivity index (χ4v) is 1.51. The average Bonchev–Trinajstić information content (AvgIpc) is 2.62.